The molecule has 0 aliphatic rings. The quantitative estimate of drug-likeness (QED) is 0.198. The van der Waals surface area contributed by atoms with Crippen molar-refractivity contribution in [2.75, 3.05) is 6.61 Å². The maximum absolute atomic E-state index is 12.1. The molecule has 0 amide bonds. The molecule has 0 saturated heterocycles. The Hall–Kier alpha value is -4.20. The Kier molecular flexibility index (Phi) is 5.36. The number of rotatable bonds is 6. The van der Waals surface area contributed by atoms with E-state index in [0.29, 0.717) is 22.8 Å². The maximum atomic E-state index is 12.1. The number of hydrogen-bond donors (Lipinski definition) is 0. The molecule has 8 heteroatoms. The van der Waals surface area contributed by atoms with Gasteiger partial charge in [0, 0.05) is 17.8 Å². The summed E-state index contributed by atoms with van der Waals surface area (Å²) in [6.07, 6.45) is 3.12. The fourth-order valence-electron chi connectivity index (χ4n) is 3.08. The van der Waals surface area contributed by atoms with Gasteiger partial charge in [-0.25, -0.2) is 9.78 Å². The van der Waals surface area contributed by atoms with Crippen molar-refractivity contribution >= 4 is 17.3 Å². The molecule has 0 N–H and O–H groups in total. The van der Waals surface area contributed by atoms with Gasteiger partial charge >= 0.3 is 5.97 Å². The van der Waals surface area contributed by atoms with Gasteiger partial charge in [0.15, 0.2) is 6.61 Å². The first-order chi connectivity index (χ1) is 14.9. The average Bonchev–Trinajstić information content (AvgIpc) is 3.18. The van der Waals surface area contributed by atoms with Crippen molar-refractivity contribution in [1.82, 2.24) is 9.38 Å². The molecule has 2 aromatic carbocycles. The number of nitro groups is 1. The summed E-state index contributed by atoms with van der Waals surface area (Å²) in [5.41, 5.74) is 4.02. The van der Waals surface area contributed by atoms with Gasteiger partial charge < -0.3 is 9.47 Å². The van der Waals surface area contributed by atoms with Crippen LogP contribution in [0.4, 0.5) is 5.69 Å². The Morgan fingerprint density at radius 1 is 1.06 bits per heavy atom. The lowest BCUT2D eigenvalue weighted by Crippen LogP contribution is -2.18. The number of imidazole rings is 1. The number of aromatic nitrogens is 2. The lowest BCUT2D eigenvalue weighted by Gasteiger charge is -2.10. The highest BCUT2D eigenvalue weighted by Gasteiger charge is 2.11. The number of esters is 1. The van der Waals surface area contributed by atoms with E-state index in [1.54, 1.807) is 40.9 Å². The second-order valence-electron chi connectivity index (χ2n) is 7.09. The van der Waals surface area contributed by atoms with Gasteiger partial charge in [-0.05, 0) is 61.4 Å². The summed E-state index contributed by atoms with van der Waals surface area (Å²) >= 11 is 0. The highest BCUT2D eigenvalue weighted by Crippen LogP contribution is 2.24. The maximum Gasteiger partial charge on any atom is 0.349 e. The molecular formula is C23H19N3O5. The van der Waals surface area contributed by atoms with Crippen LogP contribution >= 0.6 is 0 Å². The summed E-state index contributed by atoms with van der Waals surface area (Å²) in [6, 6.07) is 15.7. The molecule has 0 atom stereocenters. The van der Waals surface area contributed by atoms with Gasteiger partial charge in [-0.1, -0.05) is 12.1 Å². The number of pyridine rings is 1. The predicted molar refractivity (Wildman–Crippen MR) is 114 cm³/mol. The van der Waals surface area contributed by atoms with Gasteiger partial charge in [0.1, 0.15) is 17.1 Å². The van der Waals surface area contributed by atoms with Crippen LogP contribution in [0.15, 0.2) is 67.0 Å². The highest BCUT2D eigenvalue weighted by molar-refractivity contribution is 5.74. The van der Waals surface area contributed by atoms with E-state index < -0.39 is 10.9 Å². The number of hydrogen-bond acceptors (Lipinski definition) is 6. The molecule has 31 heavy (non-hydrogen) atoms. The normalized spacial score (nSPS) is 10.8. The smallest absolute Gasteiger partial charge is 0.349 e. The summed E-state index contributed by atoms with van der Waals surface area (Å²) in [5, 5.41) is 10.9. The van der Waals surface area contributed by atoms with Crippen molar-refractivity contribution in [1.29, 1.82) is 0 Å². The first-order valence-corrected chi connectivity index (χ1v) is 9.53. The van der Waals surface area contributed by atoms with Crippen LogP contribution in [0.2, 0.25) is 0 Å². The van der Waals surface area contributed by atoms with Crippen molar-refractivity contribution in [2.45, 2.75) is 13.8 Å². The number of benzene rings is 2. The molecular weight excluding hydrogens is 398 g/mol. The van der Waals surface area contributed by atoms with Crippen molar-refractivity contribution in [3.05, 3.63) is 88.2 Å². The van der Waals surface area contributed by atoms with Crippen LogP contribution in [-0.4, -0.2) is 26.9 Å². The van der Waals surface area contributed by atoms with Gasteiger partial charge in [-0.15, -0.1) is 0 Å². The summed E-state index contributed by atoms with van der Waals surface area (Å²) in [7, 11) is 0. The molecule has 0 saturated carbocycles. The fourth-order valence-corrected chi connectivity index (χ4v) is 3.08. The van der Waals surface area contributed by atoms with E-state index in [1.807, 2.05) is 32.0 Å². The molecule has 8 nitrogen and oxygen atoms in total. The molecule has 0 fully saturated rings. The largest absolute Gasteiger partial charge is 0.482 e. The summed E-state index contributed by atoms with van der Waals surface area (Å²) < 4.78 is 12.5. The standard InChI is InChI=1S/C23H19N3O5/c1-15-3-4-16(2)21(11-15)30-14-23(27)31-19-8-5-17(6-9-19)20-13-25-12-18(26(28)29)7-10-22(25)24-20/h3-13H,14H2,1-2H3. The molecule has 0 aliphatic carbocycles. The molecule has 156 valence electrons. The molecule has 2 heterocycles. The van der Waals surface area contributed by atoms with Crippen molar-refractivity contribution in [3.8, 4) is 22.8 Å². The van der Waals surface area contributed by atoms with Gasteiger partial charge in [-0.2, -0.15) is 0 Å². The monoisotopic (exact) mass is 417 g/mol. The van der Waals surface area contributed by atoms with E-state index in [1.165, 1.54) is 12.3 Å². The van der Waals surface area contributed by atoms with Crippen molar-refractivity contribution in [2.24, 2.45) is 0 Å². The van der Waals surface area contributed by atoms with Crippen molar-refractivity contribution < 1.29 is 19.2 Å². The minimum atomic E-state index is -0.506. The first-order valence-electron chi connectivity index (χ1n) is 9.53. The van der Waals surface area contributed by atoms with Crippen LogP contribution < -0.4 is 9.47 Å². The molecule has 0 spiro atoms. The average molecular weight is 417 g/mol. The number of nitrogens with zero attached hydrogens (tertiary/aromatic N) is 3. The molecule has 2 aromatic heterocycles. The fraction of sp³-hybridized carbons (Fsp3) is 0.130. The lowest BCUT2D eigenvalue weighted by atomic mass is 10.1. The van der Waals surface area contributed by atoms with Crippen LogP contribution in [0.25, 0.3) is 16.9 Å². The molecule has 4 rings (SSSR count). The van der Waals surface area contributed by atoms with Gasteiger partial charge in [0.05, 0.1) is 16.8 Å². The molecule has 0 unspecified atom stereocenters. The van der Waals surface area contributed by atoms with E-state index in [2.05, 4.69) is 4.98 Å². The minimum absolute atomic E-state index is 0.0122. The summed E-state index contributed by atoms with van der Waals surface area (Å²) in [6.45, 7) is 3.67. The van der Waals surface area contributed by atoms with Crippen LogP contribution in [0.1, 0.15) is 11.1 Å². The predicted octanol–water partition coefficient (Wildman–Crippen LogP) is 4.51. The Morgan fingerprint density at radius 2 is 1.84 bits per heavy atom. The van der Waals surface area contributed by atoms with E-state index in [4.69, 9.17) is 9.47 Å². The van der Waals surface area contributed by atoms with Gasteiger partial charge in [-0.3, -0.25) is 14.5 Å². The van der Waals surface area contributed by atoms with E-state index in [9.17, 15) is 14.9 Å². The Labute approximate surface area is 177 Å². The third-order valence-electron chi connectivity index (χ3n) is 4.72. The number of ether oxygens (including phenoxy) is 2. The van der Waals surface area contributed by atoms with Gasteiger partial charge in [0.25, 0.3) is 5.69 Å². The van der Waals surface area contributed by atoms with Gasteiger partial charge in [0.2, 0.25) is 0 Å². The zero-order valence-corrected chi connectivity index (χ0v) is 16.9. The molecule has 0 radical (unpaired) electrons. The third kappa shape index (κ3) is 4.53. The molecule has 4 aromatic rings. The minimum Gasteiger partial charge on any atom is -0.482 e. The Morgan fingerprint density at radius 3 is 2.58 bits per heavy atom. The van der Waals surface area contributed by atoms with Crippen LogP contribution in [0, 0.1) is 24.0 Å². The van der Waals surface area contributed by atoms with Crippen LogP contribution in [0.5, 0.6) is 11.5 Å². The molecule has 0 bridgehead atoms. The van der Waals surface area contributed by atoms with E-state index in [-0.39, 0.29) is 12.3 Å². The number of aryl methyl sites for hydroxylation is 2. The number of carbonyl (C=O) groups excluding carboxylic acids is 1. The zero-order chi connectivity index (χ0) is 22.0. The lowest BCUT2D eigenvalue weighted by molar-refractivity contribution is -0.385. The SMILES string of the molecule is Cc1ccc(C)c(OCC(=O)Oc2ccc(-c3cn4cc([N+](=O)[O-])ccc4n3)cc2)c1. The Balaban J connectivity index is 1.42. The highest BCUT2D eigenvalue weighted by atomic mass is 16.6. The topological polar surface area (TPSA) is 96.0 Å². The third-order valence-corrected chi connectivity index (χ3v) is 4.72. The molecule has 0 aliphatic heterocycles. The summed E-state index contributed by atoms with van der Waals surface area (Å²) in [5.74, 6) is 0.533. The zero-order valence-electron chi connectivity index (χ0n) is 16.9. The second-order valence-corrected chi connectivity index (χ2v) is 7.09. The summed E-state index contributed by atoms with van der Waals surface area (Å²) in [4.78, 5) is 27.1. The second kappa shape index (κ2) is 8.27. The first kappa shape index (κ1) is 20.1. The van der Waals surface area contributed by atoms with E-state index in [0.717, 1.165) is 16.7 Å². The number of fused-ring (bicyclic) bond motifs is 1. The van der Waals surface area contributed by atoms with Crippen molar-refractivity contribution in [3.63, 3.8) is 0 Å². The van der Waals surface area contributed by atoms with Crippen LogP contribution in [0.3, 0.4) is 0 Å². The Bertz CT molecular complexity index is 1280. The number of carbonyl (C=O) groups is 1. The van der Waals surface area contributed by atoms with E-state index >= 15 is 0 Å². The van der Waals surface area contributed by atoms with Crippen LogP contribution in [-0.2, 0) is 4.79 Å².